The van der Waals surface area contributed by atoms with Crippen molar-refractivity contribution in [3.8, 4) is 0 Å². The van der Waals surface area contributed by atoms with Gasteiger partial charge in [-0.1, -0.05) is 32.0 Å². The molecule has 1 aromatic rings. The van der Waals surface area contributed by atoms with Gasteiger partial charge in [0.15, 0.2) is 0 Å². The van der Waals surface area contributed by atoms with Gasteiger partial charge in [0.25, 0.3) is 6.02 Å². The van der Waals surface area contributed by atoms with E-state index < -0.39 is 0 Å². The van der Waals surface area contributed by atoms with Gasteiger partial charge in [-0.2, -0.15) is 0 Å². The van der Waals surface area contributed by atoms with Gasteiger partial charge >= 0.3 is 0 Å². The fourth-order valence-electron chi connectivity index (χ4n) is 1.86. The number of nitrogens with one attached hydrogen (secondary N) is 1. The monoisotopic (exact) mass is 218 g/mol. The van der Waals surface area contributed by atoms with Crippen LogP contribution in [0.25, 0.3) is 0 Å². The molecule has 0 aromatic heterocycles. The average Bonchev–Trinajstić information content (AvgIpc) is 2.73. The normalized spacial score (nSPS) is 14.9. The van der Waals surface area contributed by atoms with Crippen LogP contribution < -0.4 is 5.32 Å². The minimum Gasteiger partial charge on any atom is -0.463 e. The molecule has 0 saturated carbocycles. The Labute approximate surface area is 96.5 Å². The zero-order valence-electron chi connectivity index (χ0n) is 10.1. The van der Waals surface area contributed by atoms with Crippen LogP contribution in [0.15, 0.2) is 23.2 Å². The summed E-state index contributed by atoms with van der Waals surface area (Å²) in [7, 11) is 0. The number of amidine groups is 1. The predicted octanol–water partition coefficient (Wildman–Crippen LogP) is 2.92. The summed E-state index contributed by atoms with van der Waals surface area (Å²) in [5, 5.41) is 3.29. The number of aliphatic imine (C=N–C) groups is 1. The second-order valence-corrected chi connectivity index (χ2v) is 4.35. The summed E-state index contributed by atoms with van der Waals surface area (Å²) in [4.78, 5) is 4.26. The Morgan fingerprint density at radius 1 is 1.38 bits per heavy atom. The maximum atomic E-state index is 5.39. The number of hydrogen-bond donors (Lipinski definition) is 1. The first-order valence-electron chi connectivity index (χ1n) is 5.72. The number of rotatable bonds is 2. The molecule has 1 heterocycles. The summed E-state index contributed by atoms with van der Waals surface area (Å²) in [6.45, 7) is 7.93. The van der Waals surface area contributed by atoms with Gasteiger partial charge in [0.1, 0.15) is 6.61 Å². The van der Waals surface area contributed by atoms with Gasteiger partial charge in [0.05, 0.1) is 6.54 Å². The molecule has 0 fully saturated rings. The molecule has 1 aliphatic rings. The average molecular weight is 218 g/mol. The summed E-state index contributed by atoms with van der Waals surface area (Å²) in [6, 6.07) is 6.99. The molecule has 1 N–H and O–H groups in total. The molecule has 1 aromatic carbocycles. The molecule has 0 saturated heterocycles. The highest BCUT2D eigenvalue weighted by Crippen LogP contribution is 2.27. The van der Waals surface area contributed by atoms with Gasteiger partial charge in [-0.05, 0) is 24.0 Å². The number of hydrogen-bond acceptors (Lipinski definition) is 3. The lowest BCUT2D eigenvalue weighted by Crippen LogP contribution is -2.14. The third-order valence-corrected chi connectivity index (χ3v) is 2.74. The van der Waals surface area contributed by atoms with E-state index in [0.29, 0.717) is 18.5 Å². The molecule has 0 aliphatic carbocycles. The summed E-state index contributed by atoms with van der Waals surface area (Å²) >= 11 is 0. The zero-order chi connectivity index (χ0) is 11.5. The molecule has 2 rings (SSSR count). The van der Waals surface area contributed by atoms with Crippen LogP contribution in [0.4, 0.5) is 5.69 Å². The third kappa shape index (κ3) is 2.18. The van der Waals surface area contributed by atoms with Crippen LogP contribution in [0.2, 0.25) is 0 Å². The zero-order valence-corrected chi connectivity index (χ0v) is 10.1. The van der Waals surface area contributed by atoms with Crippen molar-refractivity contribution in [2.24, 2.45) is 4.99 Å². The van der Waals surface area contributed by atoms with E-state index >= 15 is 0 Å². The van der Waals surface area contributed by atoms with Crippen molar-refractivity contribution in [1.29, 1.82) is 0 Å². The molecular formula is C13H18N2O. The van der Waals surface area contributed by atoms with Crippen molar-refractivity contribution >= 4 is 11.7 Å². The lowest BCUT2D eigenvalue weighted by Gasteiger charge is -2.16. The summed E-state index contributed by atoms with van der Waals surface area (Å²) < 4.78 is 5.39. The van der Waals surface area contributed by atoms with Crippen molar-refractivity contribution in [2.45, 2.75) is 26.7 Å². The van der Waals surface area contributed by atoms with Crippen molar-refractivity contribution in [3.05, 3.63) is 29.3 Å². The van der Waals surface area contributed by atoms with Crippen molar-refractivity contribution < 1.29 is 4.74 Å². The number of benzene rings is 1. The van der Waals surface area contributed by atoms with E-state index in [4.69, 9.17) is 4.74 Å². The molecule has 0 spiro atoms. The van der Waals surface area contributed by atoms with Crippen LogP contribution in [-0.4, -0.2) is 19.2 Å². The Hall–Kier alpha value is -1.51. The van der Waals surface area contributed by atoms with Crippen LogP contribution in [0, 0.1) is 6.92 Å². The molecule has 0 bridgehead atoms. The minimum atomic E-state index is 0.490. The SMILES string of the molecule is Cc1cccc(C(C)C)c1NC1=NCCO1. The van der Waals surface area contributed by atoms with Crippen molar-refractivity contribution in [3.63, 3.8) is 0 Å². The summed E-state index contributed by atoms with van der Waals surface area (Å²) in [5.41, 5.74) is 3.67. The lowest BCUT2D eigenvalue weighted by atomic mass is 9.98. The second-order valence-electron chi connectivity index (χ2n) is 4.35. The first-order chi connectivity index (χ1) is 7.68. The maximum Gasteiger partial charge on any atom is 0.289 e. The van der Waals surface area contributed by atoms with Crippen molar-refractivity contribution in [1.82, 2.24) is 0 Å². The molecule has 3 nitrogen and oxygen atoms in total. The summed E-state index contributed by atoms with van der Waals surface area (Å²) in [6.07, 6.45) is 0. The van der Waals surface area contributed by atoms with E-state index in [1.807, 2.05) is 0 Å². The Morgan fingerprint density at radius 3 is 2.81 bits per heavy atom. The van der Waals surface area contributed by atoms with Gasteiger partial charge < -0.3 is 10.1 Å². The van der Waals surface area contributed by atoms with Gasteiger partial charge in [0, 0.05) is 5.69 Å². The highest BCUT2D eigenvalue weighted by Gasteiger charge is 2.13. The molecule has 0 amide bonds. The third-order valence-electron chi connectivity index (χ3n) is 2.74. The van der Waals surface area contributed by atoms with E-state index in [-0.39, 0.29) is 0 Å². The Balaban J connectivity index is 2.30. The number of ether oxygens (including phenoxy) is 1. The predicted molar refractivity (Wildman–Crippen MR) is 67.1 cm³/mol. The Kier molecular flexibility index (Phi) is 3.13. The molecule has 1 aliphatic heterocycles. The van der Waals surface area contributed by atoms with Crippen LogP contribution in [0.5, 0.6) is 0 Å². The molecule has 0 atom stereocenters. The molecular weight excluding hydrogens is 200 g/mol. The summed E-state index contributed by atoms with van der Waals surface area (Å²) in [5.74, 6) is 0.490. The quantitative estimate of drug-likeness (QED) is 0.828. The van der Waals surface area contributed by atoms with E-state index in [0.717, 1.165) is 12.2 Å². The highest BCUT2D eigenvalue weighted by molar-refractivity contribution is 5.91. The fraction of sp³-hybridized carbons (Fsp3) is 0.462. The van der Waals surface area contributed by atoms with Gasteiger partial charge in [-0.25, -0.2) is 4.99 Å². The van der Waals surface area contributed by atoms with E-state index in [1.54, 1.807) is 0 Å². The van der Waals surface area contributed by atoms with E-state index in [1.165, 1.54) is 11.1 Å². The van der Waals surface area contributed by atoms with Gasteiger partial charge in [-0.3, -0.25) is 0 Å². The van der Waals surface area contributed by atoms with Crippen LogP contribution in [0.1, 0.15) is 30.9 Å². The van der Waals surface area contributed by atoms with E-state index in [2.05, 4.69) is 49.3 Å². The Morgan fingerprint density at radius 2 is 2.19 bits per heavy atom. The van der Waals surface area contributed by atoms with E-state index in [9.17, 15) is 0 Å². The first kappa shape index (κ1) is 11.0. The number of para-hydroxylation sites is 1. The number of aryl methyl sites for hydroxylation is 1. The fourth-order valence-corrected chi connectivity index (χ4v) is 1.86. The first-order valence-corrected chi connectivity index (χ1v) is 5.72. The van der Waals surface area contributed by atoms with Crippen molar-refractivity contribution in [2.75, 3.05) is 18.5 Å². The number of nitrogens with zero attached hydrogens (tertiary/aromatic N) is 1. The highest BCUT2D eigenvalue weighted by atomic mass is 16.5. The van der Waals surface area contributed by atoms with Gasteiger partial charge in [0.2, 0.25) is 0 Å². The smallest absolute Gasteiger partial charge is 0.289 e. The molecule has 16 heavy (non-hydrogen) atoms. The molecule has 0 radical (unpaired) electrons. The molecule has 86 valence electrons. The van der Waals surface area contributed by atoms with Crippen LogP contribution in [0.3, 0.4) is 0 Å². The Bertz CT molecular complexity index is 410. The lowest BCUT2D eigenvalue weighted by molar-refractivity contribution is 0.346. The second kappa shape index (κ2) is 4.56. The largest absolute Gasteiger partial charge is 0.463 e. The maximum absolute atomic E-state index is 5.39. The topological polar surface area (TPSA) is 33.6 Å². The molecule has 0 unspecified atom stereocenters. The van der Waals surface area contributed by atoms with Crippen LogP contribution >= 0.6 is 0 Å². The van der Waals surface area contributed by atoms with Gasteiger partial charge in [-0.15, -0.1) is 0 Å². The van der Waals surface area contributed by atoms with Crippen LogP contribution in [-0.2, 0) is 4.74 Å². The standard InChI is InChI=1S/C13H18N2O/c1-9(2)11-6-4-5-10(3)12(11)15-13-14-7-8-16-13/h4-6,9H,7-8H2,1-3H3,(H,14,15). The minimum absolute atomic E-state index is 0.490. The molecule has 3 heteroatoms. The number of anilines is 1.